The van der Waals surface area contributed by atoms with Gasteiger partial charge in [0, 0.05) is 24.7 Å². The van der Waals surface area contributed by atoms with E-state index in [4.69, 9.17) is 9.47 Å². The van der Waals surface area contributed by atoms with Gasteiger partial charge in [-0.2, -0.15) is 0 Å². The molecule has 2 aromatic rings. The van der Waals surface area contributed by atoms with Gasteiger partial charge >= 0.3 is 0 Å². The first kappa shape index (κ1) is 17.3. The maximum Gasteiger partial charge on any atom is 0.234 e. The van der Waals surface area contributed by atoms with Crippen LogP contribution in [0.1, 0.15) is 18.1 Å². The van der Waals surface area contributed by atoms with E-state index in [0.717, 1.165) is 22.6 Å². The molecular formula is C20H24N2O3. The van der Waals surface area contributed by atoms with Crippen LogP contribution in [0.15, 0.2) is 48.5 Å². The van der Waals surface area contributed by atoms with E-state index in [2.05, 4.69) is 23.2 Å². The smallest absolute Gasteiger partial charge is 0.234 e. The van der Waals surface area contributed by atoms with Gasteiger partial charge in [-0.3, -0.25) is 9.69 Å². The largest absolute Gasteiger partial charge is 0.497 e. The van der Waals surface area contributed by atoms with Crippen LogP contribution in [0.25, 0.3) is 0 Å². The Morgan fingerprint density at radius 2 is 2.12 bits per heavy atom. The lowest BCUT2D eigenvalue weighted by molar-refractivity contribution is -0.123. The molecule has 5 heteroatoms. The predicted molar refractivity (Wildman–Crippen MR) is 96.6 cm³/mol. The summed E-state index contributed by atoms with van der Waals surface area (Å²) in [6, 6.07) is 15.9. The lowest BCUT2D eigenvalue weighted by atomic mass is 10.2. The van der Waals surface area contributed by atoms with E-state index in [1.807, 2.05) is 42.5 Å². The molecule has 0 unspecified atom stereocenters. The Morgan fingerprint density at radius 1 is 1.28 bits per heavy atom. The highest BCUT2D eigenvalue weighted by molar-refractivity contribution is 5.78. The van der Waals surface area contributed by atoms with E-state index in [1.54, 1.807) is 7.11 Å². The molecule has 0 spiro atoms. The second-order valence-corrected chi connectivity index (χ2v) is 6.30. The van der Waals surface area contributed by atoms with Gasteiger partial charge in [0.1, 0.15) is 18.1 Å². The number of benzene rings is 2. The summed E-state index contributed by atoms with van der Waals surface area (Å²) in [5, 5.41) is 2.99. The molecule has 2 aromatic carbocycles. The van der Waals surface area contributed by atoms with Crippen LogP contribution in [-0.2, 0) is 17.9 Å². The SMILES string of the molecule is COc1cccc(CNC(=O)CN2Cc3ccccc3OC[C@H]2C)c1. The summed E-state index contributed by atoms with van der Waals surface area (Å²) < 4.78 is 11.0. The summed E-state index contributed by atoms with van der Waals surface area (Å²) in [5.74, 6) is 1.71. The summed E-state index contributed by atoms with van der Waals surface area (Å²) in [6.07, 6.45) is 0. The molecule has 0 bridgehead atoms. The fourth-order valence-electron chi connectivity index (χ4n) is 2.90. The molecular weight excluding hydrogens is 316 g/mol. The standard InChI is InChI=1S/C20H24N2O3/c1-15-14-25-19-9-4-3-7-17(19)12-22(15)13-20(23)21-11-16-6-5-8-18(10-16)24-2/h3-10,15H,11-14H2,1-2H3,(H,21,23)/t15-/m1/s1. The van der Waals surface area contributed by atoms with Crippen LogP contribution in [0.5, 0.6) is 11.5 Å². The van der Waals surface area contributed by atoms with Crippen molar-refractivity contribution in [2.24, 2.45) is 0 Å². The maximum atomic E-state index is 12.4. The van der Waals surface area contributed by atoms with Crippen molar-refractivity contribution in [3.05, 3.63) is 59.7 Å². The van der Waals surface area contributed by atoms with Crippen LogP contribution < -0.4 is 14.8 Å². The van der Waals surface area contributed by atoms with Gasteiger partial charge < -0.3 is 14.8 Å². The molecule has 0 radical (unpaired) electrons. The number of rotatable bonds is 5. The Balaban J connectivity index is 1.58. The molecule has 1 atom stereocenters. The number of para-hydroxylation sites is 1. The van der Waals surface area contributed by atoms with Gasteiger partial charge in [-0.15, -0.1) is 0 Å². The van der Waals surface area contributed by atoms with Crippen molar-refractivity contribution < 1.29 is 14.3 Å². The third-order valence-corrected chi connectivity index (χ3v) is 4.42. The minimum Gasteiger partial charge on any atom is -0.497 e. The third-order valence-electron chi connectivity index (χ3n) is 4.42. The van der Waals surface area contributed by atoms with Crippen molar-refractivity contribution >= 4 is 5.91 Å². The zero-order valence-corrected chi connectivity index (χ0v) is 14.7. The highest BCUT2D eigenvalue weighted by Gasteiger charge is 2.23. The summed E-state index contributed by atoms with van der Waals surface area (Å²) >= 11 is 0. The van der Waals surface area contributed by atoms with E-state index in [0.29, 0.717) is 26.2 Å². The average Bonchev–Trinajstić information content (AvgIpc) is 2.79. The number of nitrogens with one attached hydrogen (secondary N) is 1. The fourth-order valence-corrected chi connectivity index (χ4v) is 2.90. The first-order valence-electron chi connectivity index (χ1n) is 8.50. The number of carbonyl (C=O) groups excluding carboxylic acids is 1. The zero-order valence-electron chi connectivity index (χ0n) is 14.7. The number of hydrogen-bond acceptors (Lipinski definition) is 4. The van der Waals surface area contributed by atoms with Crippen molar-refractivity contribution in [2.75, 3.05) is 20.3 Å². The number of hydrogen-bond donors (Lipinski definition) is 1. The fraction of sp³-hybridized carbons (Fsp3) is 0.350. The molecule has 5 nitrogen and oxygen atoms in total. The van der Waals surface area contributed by atoms with E-state index in [-0.39, 0.29) is 11.9 Å². The third kappa shape index (κ3) is 4.51. The van der Waals surface area contributed by atoms with Crippen molar-refractivity contribution in [3.8, 4) is 11.5 Å². The van der Waals surface area contributed by atoms with Crippen molar-refractivity contribution in [3.63, 3.8) is 0 Å². The van der Waals surface area contributed by atoms with Crippen LogP contribution in [0.2, 0.25) is 0 Å². The minimum atomic E-state index is 0.00838. The molecule has 3 rings (SSSR count). The number of carbonyl (C=O) groups is 1. The highest BCUT2D eigenvalue weighted by atomic mass is 16.5. The second kappa shape index (κ2) is 8.03. The highest BCUT2D eigenvalue weighted by Crippen LogP contribution is 2.24. The molecule has 1 aliphatic rings. The molecule has 25 heavy (non-hydrogen) atoms. The topological polar surface area (TPSA) is 50.8 Å². The Hall–Kier alpha value is -2.53. The number of fused-ring (bicyclic) bond motifs is 1. The monoisotopic (exact) mass is 340 g/mol. The lowest BCUT2D eigenvalue weighted by Gasteiger charge is -2.25. The van der Waals surface area contributed by atoms with E-state index >= 15 is 0 Å². The van der Waals surface area contributed by atoms with Crippen molar-refractivity contribution in [1.82, 2.24) is 10.2 Å². The predicted octanol–water partition coefficient (Wildman–Crippen LogP) is 2.59. The van der Waals surface area contributed by atoms with Gasteiger partial charge in [-0.05, 0) is 30.7 Å². The number of methoxy groups -OCH3 is 1. The summed E-state index contributed by atoms with van der Waals surface area (Å²) in [6.45, 7) is 4.22. The van der Waals surface area contributed by atoms with Crippen molar-refractivity contribution in [2.45, 2.75) is 26.1 Å². The minimum absolute atomic E-state index is 0.00838. The Kier molecular flexibility index (Phi) is 5.56. The Morgan fingerprint density at radius 3 is 2.96 bits per heavy atom. The van der Waals surface area contributed by atoms with Gasteiger partial charge in [0.2, 0.25) is 5.91 Å². The summed E-state index contributed by atoms with van der Waals surface area (Å²) in [7, 11) is 1.64. The van der Waals surface area contributed by atoms with Crippen LogP contribution in [0.3, 0.4) is 0 Å². The molecule has 1 aliphatic heterocycles. The summed E-state index contributed by atoms with van der Waals surface area (Å²) in [4.78, 5) is 14.5. The second-order valence-electron chi connectivity index (χ2n) is 6.30. The normalized spacial score (nSPS) is 17.1. The summed E-state index contributed by atoms with van der Waals surface area (Å²) in [5.41, 5.74) is 2.14. The molecule has 1 amide bonds. The first-order chi connectivity index (χ1) is 12.2. The molecule has 0 fully saturated rings. The van der Waals surface area contributed by atoms with Gasteiger partial charge in [-0.1, -0.05) is 30.3 Å². The molecule has 1 N–H and O–H groups in total. The van der Waals surface area contributed by atoms with Crippen LogP contribution in [0.4, 0.5) is 0 Å². The first-order valence-corrected chi connectivity index (χ1v) is 8.50. The van der Waals surface area contributed by atoms with Crippen molar-refractivity contribution in [1.29, 1.82) is 0 Å². The van der Waals surface area contributed by atoms with Gasteiger partial charge in [0.05, 0.1) is 13.7 Å². The molecule has 0 saturated carbocycles. The van der Waals surface area contributed by atoms with Gasteiger partial charge in [0.25, 0.3) is 0 Å². The van der Waals surface area contributed by atoms with E-state index < -0.39 is 0 Å². The molecule has 0 saturated heterocycles. The van der Waals surface area contributed by atoms with Crippen LogP contribution >= 0.6 is 0 Å². The molecule has 132 valence electrons. The van der Waals surface area contributed by atoms with E-state index in [1.165, 1.54) is 0 Å². The maximum absolute atomic E-state index is 12.4. The zero-order chi connectivity index (χ0) is 17.6. The average molecular weight is 340 g/mol. The van der Waals surface area contributed by atoms with E-state index in [9.17, 15) is 4.79 Å². The Bertz CT molecular complexity index is 732. The quantitative estimate of drug-likeness (QED) is 0.909. The molecule has 1 heterocycles. The van der Waals surface area contributed by atoms with Crippen LogP contribution in [0, 0.1) is 0 Å². The van der Waals surface area contributed by atoms with Gasteiger partial charge in [0.15, 0.2) is 0 Å². The van der Waals surface area contributed by atoms with Gasteiger partial charge in [-0.25, -0.2) is 0 Å². The van der Waals surface area contributed by atoms with Crippen LogP contribution in [-0.4, -0.2) is 37.1 Å². The number of ether oxygens (including phenoxy) is 2. The Labute approximate surface area is 148 Å². The molecule has 0 aliphatic carbocycles. The number of nitrogens with zero attached hydrogens (tertiary/aromatic N) is 1. The number of amides is 1. The lowest BCUT2D eigenvalue weighted by Crippen LogP contribution is -2.42. The molecule has 0 aromatic heterocycles.